The molecule has 0 aliphatic heterocycles. The van der Waals surface area contributed by atoms with Crippen LogP contribution in [0.25, 0.3) is 11.1 Å². The molecule has 0 heteroatoms. The molecular weight excluding hydrogens is 324 g/mol. The van der Waals surface area contributed by atoms with Gasteiger partial charge in [0.15, 0.2) is 0 Å². The molecule has 1 aliphatic carbocycles. The minimum atomic E-state index is -0.273. The summed E-state index contributed by atoms with van der Waals surface area (Å²) in [6.45, 7) is 4.48. The van der Waals surface area contributed by atoms with Crippen molar-refractivity contribution in [2.45, 2.75) is 19.3 Å². The van der Waals surface area contributed by atoms with Gasteiger partial charge in [-0.3, -0.25) is 0 Å². The molecule has 0 N–H and O–H groups in total. The Morgan fingerprint density at radius 3 is 1.70 bits per heavy atom. The lowest BCUT2D eigenvalue weighted by atomic mass is 9.66. The molecule has 4 aromatic carbocycles. The van der Waals surface area contributed by atoms with Crippen LogP contribution in [0.3, 0.4) is 0 Å². The number of hydrogen-bond acceptors (Lipinski definition) is 0. The maximum Gasteiger partial charge on any atom is 0.0716 e. The second-order valence-electron chi connectivity index (χ2n) is 7.48. The largest absolute Gasteiger partial charge is 0.0716 e. The van der Waals surface area contributed by atoms with Crippen molar-refractivity contribution >= 4 is 0 Å². The smallest absolute Gasteiger partial charge is 0.0622 e. The lowest BCUT2D eigenvalue weighted by molar-refractivity contribution is 0.761. The number of benzene rings is 4. The molecule has 0 heterocycles. The Hall–Kier alpha value is -3.12. The zero-order valence-electron chi connectivity index (χ0n) is 15.7. The predicted molar refractivity (Wildman–Crippen MR) is 113 cm³/mol. The van der Waals surface area contributed by atoms with Crippen molar-refractivity contribution in [2.75, 3.05) is 0 Å². The van der Waals surface area contributed by atoms with E-state index in [2.05, 4.69) is 111 Å². The maximum absolute atomic E-state index is 2.32. The van der Waals surface area contributed by atoms with Crippen LogP contribution in [0.5, 0.6) is 0 Å². The van der Waals surface area contributed by atoms with Crippen molar-refractivity contribution in [2.24, 2.45) is 0 Å². The van der Waals surface area contributed by atoms with E-state index in [1.54, 1.807) is 0 Å². The Morgan fingerprint density at radius 2 is 1.07 bits per heavy atom. The molecule has 4 aromatic rings. The third kappa shape index (κ3) is 2.10. The van der Waals surface area contributed by atoms with Crippen LogP contribution in [0.15, 0.2) is 97.1 Å². The van der Waals surface area contributed by atoms with E-state index in [9.17, 15) is 0 Å². The van der Waals surface area contributed by atoms with Crippen LogP contribution in [-0.2, 0) is 5.41 Å². The molecule has 130 valence electrons. The Labute approximate surface area is 161 Å². The lowest BCUT2D eigenvalue weighted by Crippen LogP contribution is -2.29. The fourth-order valence-electron chi connectivity index (χ4n) is 4.99. The molecule has 0 radical (unpaired) electrons. The van der Waals surface area contributed by atoms with E-state index in [0.29, 0.717) is 0 Å². The second-order valence-corrected chi connectivity index (χ2v) is 7.48. The fourth-order valence-corrected chi connectivity index (χ4v) is 4.99. The van der Waals surface area contributed by atoms with Gasteiger partial charge in [0, 0.05) is 0 Å². The highest BCUT2D eigenvalue weighted by Gasteiger charge is 2.47. The summed E-state index contributed by atoms with van der Waals surface area (Å²) < 4.78 is 0. The van der Waals surface area contributed by atoms with E-state index in [1.807, 2.05) is 0 Å². The van der Waals surface area contributed by atoms with E-state index in [4.69, 9.17) is 0 Å². The Bertz CT molecular complexity index is 1080. The molecule has 0 atom stereocenters. The third-order valence-electron chi connectivity index (χ3n) is 6.01. The van der Waals surface area contributed by atoms with Crippen molar-refractivity contribution in [3.8, 4) is 11.1 Å². The quantitative estimate of drug-likeness (QED) is 0.335. The molecule has 5 rings (SSSR count). The van der Waals surface area contributed by atoms with Crippen LogP contribution in [0.2, 0.25) is 0 Å². The first kappa shape index (κ1) is 16.1. The average molecular weight is 346 g/mol. The highest BCUT2D eigenvalue weighted by Crippen LogP contribution is 2.57. The van der Waals surface area contributed by atoms with Crippen LogP contribution in [0.1, 0.15) is 33.4 Å². The van der Waals surface area contributed by atoms with Gasteiger partial charge in [0.05, 0.1) is 5.41 Å². The Morgan fingerprint density at radius 1 is 0.519 bits per heavy atom. The summed E-state index contributed by atoms with van der Waals surface area (Å²) in [7, 11) is 0. The van der Waals surface area contributed by atoms with Gasteiger partial charge in [-0.2, -0.15) is 0 Å². The number of aryl methyl sites for hydroxylation is 2. The summed E-state index contributed by atoms with van der Waals surface area (Å²) in [6, 6.07) is 35.4. The predicted octanol–water partition coefficient (Wildman–Crippen LogP) is 6.67. The first-order chi connectivity index (χ1) is 13.2. The van der Waals surface area contributed by atoms with Crippen LogP contribution in [0, 0.1) is 13.8 Å². The van der Waals surface area contributed by atoms with Crippen molar-refractivity contribution < 1.29 is 0 Å². The molecule has 0 aromatic heterocycles. The molecule has 0 unspecified atom stereocenters. The van der Waals surface area contributed by atoms with Crippen LogP contribution in [-0.4, -0.2) is 0 Å². The zero-order valence-corrected chi connectivity index (χ0v) is 15.7. The van der Waals surface area contributed by atoms with Gasteiger partial charge in [0.1, 0.15) is 0 Å². The second kappa shape index (κ2) is 5.96. The van der Waals surface area contributed by atoms with Gasteiger partial charge in [-0.15, -0.1) is 0 Å². The molecule has 0 spiro atoms. The maximum atomic E-state index is 2.32. The molecule has 0 nitrogen and oxygen atoms in total. The SMILES string of the molecule is Cc1cccc2c1-c1cccc(C)c1C2(c1ccccc1)c1ccccc1. The Balaban J connectivity index is 2.03. The van der Waals surface area contributed by atoms with Crippen LogP contribution < -0.4 is 0 Å². The molecule has 0 amide bonds. The van der Waals surface area contributed by atoms with Gasteiger partial charge in [0.25, 0.3) is 0 Å². The van der Waals surface area contributed by atoms with E-state index >= 15 is 0 Å². The summed E-state index contributed by atoms with van der Waals surface area (Å²) in [5.74, 6) is 0. The van der Waals surface area contributed by atoms with Gasteiger partial charge >= 0.3 is 0 Å². The van der Waals surface area contributed by atoms with Gasteiger partial charge in [-0.05, 0) is 58.4 Å². The average Bonchev–Trinajstić information content (AvgIpc) is 3.03. The summed E-state index contributed by atoms with van der Waals surface area (Å²) in [5, 5.41) is 0. The molecule has 1 aliphatic rings. The van der Waals surface area contributed by atoms with E-state index in [1.165, 1.54) is 44.5 Å². The van der Waals surface area contributed by atoms with Crippen molar-refractivity contribution in [1.82, 2.24) is 0 Å². The minimum Gasteiger partial charge on any atom is -0.0622 e. The molecule has 0 bridgehead atoms. The van der Waals surface area contributed by atoms with Crippen molar-refractivity contribution in [3.63, 3.8) is 0 Å². The van der Waals surface area contributed by atoms with Gasteiger partial charge in [-0.25, -0.2) is 0 Å². The highest BCUT2D eigenvalue weighted by atomic mass is 14.5. The summed E-state index contributed by atoms with van der Waals surface area (Å²) in [4.78, 5) is 0. The first-order valence-corrected chi connectivity index (χ1v) is 9.56. The summed E-state index contributed by atoms with van der Waals surface area (Å²) in [5.41, 5.74) is 10.6. The highest BCUT2D eigenvalue weighted by molar-refractivity contribution is 5.88. The molecular formula is C27H22. The molecule has 27 heavy (non-hydrogen) atoms. The number of fused-ring (bicyclic) bond motifs is 3. The van der Waals surface area contributed by atoms with Crippen LogP contribution >= 0.6 is 0 Å². The number of rotatable bonds is 2. The van der Waals surface area contributed by atoms with E-state index in [-0.39, 0.29) is 5.41 Å². The molecule has 0 saturated carbocycles. The monoisotopic (exact) mass is 346 g/mol. The van der Waals surface area contributed by atoms with Gasteiger partial charge < -0.3 is 0 Å². The van der Waals surface area contributed by atoms with Gasteiger partial charge in [0.2, 0.25) is 0 Å². The topological polar surface area (TPSA) is 0 Å². The third-order valence-corrected chi connectivity index (χ3v) is 6.01. The van der Waals surface area contributed by atoms with Crippen LogP contribution in [0.4, 0.5) is 0 Å². The Kier molecular flexibility index (Phi) is 3.55. The first-order valence-electron chi connectivity index (χ1n) is 9.56. The van der Waals surface area contributed by atoms with E-state index < -0.39 is 0 Å². The fraction of sp³-hybridized carbons (Fsp3) is 0.111. The minimum absolute atomic E-state index is 0.273. The molecule has 0 fully saturated rings. The summed E-state index contributed by atoms with van der Waals surface area (Å²) in [6.07, 6.45) is 0. The standard InChI is InChI=1S/C27H22/c1-19-11-10-18-24-25(19)23-17-9-12-20(2)26(23)27(24,21-13-5-3-6-14-21)22-15-7-4-8-16-22/h3-18H,1-2H3. The zero-order chi connectivity index (χ0) is 18.4. The molecule has 0 saturated heterocycles. The van der Waals surface area contributed by atoms with Crippen molar-refractivity contribution in [3.05, 3.63) is 130 Å². The van der Waals surface area contributed by atoms with Gasteiger partial charge in [-0.1, -0.05) is 97.1 Å². The van der Waals surface area contributed by atoms with E-state index in [0.717, 1.165) is 0 Å². The van der Waals surface area contributed by atoms with Crippen molar-refractivity contribution in [1.29, 1.82) is 0 Å². The summed E-state index contributed by atoms with van der Waals surface area (Å²) >= 11 is 0. The lowest BCUT2D eigenvalue weighted by Gasteiger charge is -2.34. The normalized spacial score (nSPS) is 13.9. The number of hydrogen-bond donors (Lipinski definition) is 0.